The second-order valence-electron chi connectivity index (χ2n) is 5.60. The topological polar surface area (TPSA) is 29.3 Å². The lowest BCUT2D eigenvalue weighted by Crippen LogP contribution is -2.41. The molecule has 0 amide bonds. The van der Waals surface area contributed by atoms with E-state index in [1.54, 1.807) is 0 Å². The molecule has 19 heavy (non-hydrogen) atoms. The zero-order valence-electron chi connectivity index (χ0n) is 12.2. The van der Waals surface area contributed by atoms with E-state index in [-0.39, 0.29) is 6.04 Å². The van der Waals surface area contributed by atoms with Gasteiger partial charge in [-0.25, -0.2) is 0 Å². The minimum atomic E-state index is 0.217. The first-order valence-electron chi connectivity index (χ1n) is 6.77. The minimum Gasteiger partial charge on any atom is -0.329 e. The first-order valence-corrected chi connectivity index (χ1v) is 7.94. The molecule has 0 aromatic heterocycles. The molecular formula is C15H24BrClN2. The number of hydrogen-bond acceptors (Lipinski definition) is 2. The maximum atomic E-state index is 6.03. The van der Waals surface area contributed by atoms with Crippen LogP contribution in [0.4, 0.5) is 0 Å². The Bertz CT molecular complexity index is 407. The fraction of sp³-hybridized carbons (Fsp3) is 0.600. The van der Waals surface area contributed by atoms with Gasteiger partial charge in [-0.05, 0) is 37.5 Å². The first kappa shape index (κ1) is 17.0. The van der Waals surface area contributed by atoms with Crippen LogP contribution < -0.4 is 5.73 Å². The smallest absolute Gasteiger partial charge is 0.0484 e. The third-order valence-electron chi connectivity index (χ3n) is 3.18. The second kappa shape index (κ2) is 7.63. The molecule has 0 aliphatic rings. The van der Waals surface area contributed by atoms with Crippen molar-refractivity contribution in [3.63, 3.8) is 0 Å². The molecule has 2 nitrogen and oxygen atoms in total. The van der Waals surface area contributed by atoms with Gasteiger partial charge in [-0.15, -0.1) is 0 Å². The first-order chi connectivity index (χ1) is 8.86. The van der Waals surface area contributed by atoms with Gasteiger partial charge in [0.05, 0.1) is 0 Å². The molecule has 0 saturated heterocycles. The van der Waals surface area contributed by atoms with E-state index in [1.807, 2.05) is 12.1 Å². The molecule has 0 heterocycles. The predicted molar refractivity (Wildman–Crippen MR) is 87.6 cm³/mol. The van der Waals surface area contributed by atoms with Crippen LogP contribution in [0.2, 0.25) is 5.02 Å². The monoisotopic (exact) mass is 346 g/mol. The van der Waals surface area contributed by atoms with Gasteiger partial charge in [0, 0.05) is 34.7 Å². The van der Waals surface area contributed by atoms with Gasteiger partial charge in [-0.2, -0.15) is 0 Å². The van der Waals surface area contributed by atoms with Gasteiger partial charge in [-0.3, -0.25) is 4.90 Å². The third kappa shape index (κ3) is 4.75. The molecule has 0 radical (unpaired) electrons. The lowest BCUT2D eigenvalue weighted by atomic mass is 10.0. The summed E-state index contributed by atoms with van der Waals surface area (Å²) in [4.78, 5) is 2.46. The summed E-state index contributed by atoms with van der Waals surface area (Å²) in [5.74, 6) is 0.613. The van der Waals surface area contributed by atoms with Crippen LogP contribution in [0.3, 0.4) is 0 Å². The molecule has 1 aromatic rings. The number of benzene rings is 1. The standard InChI is InChI=1S/C15H24BrClN2/c1-10(2)9-19(11(3)4)15(8-18)13-6-5-12(17)7-14(13)16/h5-7,10-11,15H,8-9,18H2,1-4H3. The lowest BCUT2D eigenvalue weighted by Gasteiger charge is -2.36. The van der Waals surface area contributed by atoms with Gasteiger partial charge in [0.1, 0.15) is 0 Å². The molecular weight excluding hydrogens is 324 g/mol. The normalized spacial score (nSPS) is 13.6. The van der Waals surface area contributed by atoms with E-state index in [0.717, 1.165) is 16.0 Å². The van der Waals surface area contributed by atoms with Crippen molar-refractivity contribution in [3.8, 4) is 0 Å². The average Bonchev–Trinajstić information content (AvgIpc) is 2.30. The average molecular weight is 348 g/mol. The quantitative estimate of drug-likeness (QED) is 0.822. The van der Waals surface area contributed by atoms with Crippen molar-refractivity contribution in [2.45, 2.75) is 39.8 Å². The van der Waals surface area contributed by atoms with Crippen molar-refractivity contribution < 1.29 is 0 Å². The zero-order valence-corrected chi connectivity index (χ0v) is 14.5. The molecule has 108 valence electrons. The summed E-state index contributed by atoms with van der Waals surface area (Å²) in [5.41, 5.74) is 7.24. The summed E-state index contributed by atoms with van der Waals surface area (Å²) in [5, 5.41) is 0.742. The lowest BCUT2D eigenvalue weighted by molar-refractivity contribution is 0.138. The van der Waals surface area contributed by atoms with Crippen LogP contribution in [0.25, 0.3) is 0 Å². The van der Waals surface area contributed by atoms with Crippen LogP contribution in [-0.2, 0) is 0 Å². The van der Waals surface area contributed by atoms with E-state index in [9.17, 15) is 0 Å². The Morgan fingerprint density at radius 1 is 1.26 bits per heavy atom. The molecule has 1 rings (SSSR count). The highest BCUT2D eigenvalue weighted by atomic mass is 79.9. The van der Waals surface area contributed by atoms with Gasteiger partial charge < -0.3 is 5.73 Å². The maximum absolute atomic E-state index is 6.03. The van der Waals surface area contributed by atoms with Gasteiger partial charge in [0.15, 0.2) is 0 Å². The van der Waals surface area contributed by atoms with Crippen LogP contribution in [0.1, 0.15) is 39.3 Å². The Hall–Kier alpha value is -0.0900. The van der Waals surface area contributed by atoms with Crippen LogP contribution in [0.5, 0.6) is 0 Å². The molecule has 1 aromatic carbocycles. The fourth-order valence-corrected chi connectivity index (χ4v) is 3.28. The van der Waals surface area contributed by atoms with Crippen LogP contribution >= 0.6 is 27.5 Å². The third-order valence-corrected chi connectivity index (χ3v) is 4.11. The van der Waals surface area contributed by atoms with Crippen molar-refractivity contribution in [2.75, 3.05) is 13.1 Å². The molecule has 4 heteroatoms. The van der Waals surface area contributed by atoms with Gasteiger partial charge >= 0.3 is 0 Å². The van der Waals surface area contributed by atoms with Crippen LogP contribution in [0.15, 0.2) is 22.7 Å². The number of nitrogens with zero attached hydrogens (tertiary/aromatic N) is 1. The van der Waals surface area contributed by atoms with Gasteiger partial charge in [-0.1, -0.05) is 47.4 Å². The summed E-state index contributed by atoms with van der Waals surface area (Å²) in [6, 6.07) is 6.61. The highest BCUT2D eigenvalue weighted by Gasteiger charge is 2.24. The maximum Gasteiger partial charge on any atom is 0.0484 e. The number of rotatable bonds is 6. The Balaban J connectivity index is 3.08. The van der Waals surface area contributed by atoms with E-state index >= 15 is 0 Å². The Labute approximate surface area is 130 Å². The summed E-state index contributed by atoms with van der Waals surface area (Å²) in [7, 11) is 0. The van der Waals surface area contributed by atoms with E-state index < -0.39 is 0 Å². The Morgan fingerprint density at radius 3 is 2.32 bits per heavy atom. The number of hydrogen-bond donors (Lipinski definition) is 1. The molecule has 0 fully saturated rings. The molecule has 1 atom stereocenters. The minimum absolute atomic E-state index is 0.217. The van der Waals surface area contributed by atoms with Crippen molar-refractivity contribution in [1.29, 1.82) is 0 Å². The Kier molecular flexibility index (Phi) is 6.81. The van der Waals surface area contributed by atoms with Gasteiger partial charge in [0.2, 0.25) is 0 Å². The van der Waals surface area contributed by atoms with E-state index in [4.69, 9.17) is 17.3 Å². The molecule has 0 spiro atoms. The molecule has 0 aliphatic heterocycles. The van der Waals surface area contributed by atoms with Crippen LogP contribution in [-0.4, -0.2) is 24.0 Å². The van der Waals surface area contributed by atoms with Crippen molar-refractivity contribution >= 4 is 27.5 Å². The summed E-state index contributed by atoms with van der Waals surface area (Å²) < 4.78 is 1.03. The molecule has 0 bridgehead atoms. The summed E-state index contributed by atoms with van der Waals surface area (Å²) in [6.45, 7) is 10.5. The van der Waals surface area contributed by atoms with E-state index in [2.05, 4.69) is 54.6 Å². The predicted octanol–water partition coefficient (Wildman–Crippen LogP) is 4.47. The highest BCUT2D eigenvalue weighted by molar-refractivity contribution is 9.10. The number of halogens is 2. The fourth-order valence-electron chi connectivity index (χ4n) is 2.33. The summed E-state index contributed by atoms with van der Waals surface area (Å²) in [6.07, 6.45) is 0. The zero-order chi connectivity index (χ0) is 14.6. The van der Waals surface area contributed by atoms with Crippen molar-refractivity contribution in [3.05, 3.63) is 33.3 Å². The van der Waals surface area contributed by atoms with Gasteiger partial charge in [0.25, 0.3) is 0 Å². The molecule has 0 saturated carbocycles. The van der Waals surface area contributed by atoms with Crippen LogP contribution in [0, 0.1) is 5.92 Å². The largest absolute Gasteiger partial charge is 0.329 e. The highest BCUT2D eigenvalue weighted by Crippen LogP contribution is 2.31. The molecule has 0 aliphatic carbocycles. The Morgan fingerprint density at radius 2 is 1.89 bits per heavy atom. The van der Waals surface area contributed by atoms with Crippen molar-refractivity contribution in [2.24, 2.45) is 11.7 Å². The molecule has 1 unspecified atom stereocenters. The second-order valence-corrected chi connectivity index (χ2v) is 6.89. The molecule has 2 N–H and O–H groups in total. The number of nitrogens with two attached hydrogens (primary N) is 1. The van der Waals surface area contributed by atoms with Crippen molar-refractivity contribution in [1.82, 2.24) is 4.90 Å². The van der Waals surface area contributed by atoms with E-state index in [1.165, 1.54) is 5.56 Å². The van der Waals surface area contributed by atoms with E-state index in [0.29, 0.717) is 18.5 Å². The SMILES string of the molecule is CC(C)CN(C(C)C)C(CN)c1ccc(Cl)cc1Br. The summed E-state index contributed by atoms with van der Waals surface area (Å²) >= 11 is 9.62.